The molecule has 7 heteroatoms. The van der Waals surface area contributed by atoms with E-state index in [1.807, 2.05) is 0 Å². The van der Waals surface area contributed by atoms with Crippen molar-refractivity contribution in [3.8, 4) is 0 Å². The number of allylic oxidation sites excluding steroid dienone is 1. The number of hydrogen-bond donors (Lipinski definition) is 1. The molecule has 2 aromatic rings. The summed E-state index contributed by atoms with van der Waals surface area (Å²) >= 11 is 3.31. The monoisotopic (exact) mass is 349 g/mol. The summed E-state index contributed by atoms with van der Waals surface area (Å²) in [6.07, 6.45) is 11.4. The predicted octanol–water partition coefficient (Wildman–Crippen LogP) is 2.51. The van der Waals surface area contributed by atoms with Crippen LogP contribution in [0.3, 0.4) is 0 Å². The van der Waals surface area contributed by atoms with Crippen molar-refractivity contribution in [3.05, 3.63) is 34.3 Å². The molecule has 1 amide bonds. The standard InChI is InChI=1S/C14H16BrN5O/c15-11-8-17-14-18-12(19-20(14)9-11)13(21)16-7-6-10-4-2-1-3-5-10/h4,8-9H,1-3,5-7H2,(H,16,21). The van der Waals surface area contributed by atoms with Gasteiger partial charge in [-0.2, -0.15) is 4.98 Å². The Balaban J connectivity index is 1.60. The second-order valence-corrected chi connectivity index (χ2v) is 5.98. The molecule has 0 unspecified atom stereocenters. The summed E-state index contributed by atoms with van der Waals surface area (Å²) in [5.74, 6) is 0.310. The lowest BCUT2D eigenvalue weighted by atomic mass is 9.97. The molecule has 0 fully saturated rings. The predicted molar refractivity (Wildman–Crippen MR) is 82.0 cm³/mol. The zero-order chi connectivity index (χ0) is 14.7. The van der Waals surface area contributed by atoms with Gasteiger partial charge < -0.3 is 5.32 Å². The third-order valence-corrected chi connectivity index (χ3v) is 3.89. The maximum atomic E-state index is 12.0. The lowest BCUT2D eigenvalue weighted by Gasteiger charge is -2.12. The molecule has 0 aromatic carbocycles. The van der Waals surface area contributed by atoms with Crippen molar-refractivity contribution in [2.24, 2.45) is 0 Å². The molecule has 21 heavy (non-hydrogen) atoms. The fourth-order valence-electron chi connectivity index (χ4n) is 2.40. The molecule has 0 atom stereocenters. The Morgan fingerprint density at radius 1 is 1.43 bits per heavy atom. The maximum Gasteiger partial charge on any atom is 0.291 e. The summed E-state index contributed by atoms with van der Waals surface area (Å²) in [6.45, 7) is 0.622. The molecule has 1 aliphatic carbocycles. The highest BCUT2D eigenvalue weighted by Gasteiger charge is 2.13. The highest BCUT2D eigenvalue weighted by Crippen LogP contribution is 2.19. The Morgan fingerprint density at radius 3 is 3.14 bits per heavy atom. The molecule has 0 radical (unpaired) electrons. The first kappa shape index (κ1) is 14.2. The number of aromatic nitrogens is 4. The molecule has 110 valence electrons. The summed E-state index contributed by atoms with van der Waals surface area (Å²) in [5, 5.41) is 6.99. The summed E-state index contributed by atoms with van der Waals surface area (Å²) in [4.78, 5) is 20.2. The minimum absolute atomic E-state index is 0.151. The van der Waals surface area contributed by atoms with Crippen LogP contribution in [0, 0.1) is 0 Å². The van der Waals surface area contributed by atoms with E-state index in [9.17, 15) is 4.79 Å². The molecule has 0 saturated carbocycles. The third-order valence-electron chi connectivity index (χ3n) is 3.48. The van der Waals surface area contributed by atoms with E-state index < -0.39 is 0 Å². The summed E-state index contributed by atoms with van der Waals surface area (Å²) < 4.78 is 2.28. The first-order valence-corrected chi connectivity index (χ1v) is 7.86. The van der Waals surface area contributed by atoms with Crippen LogP contribution in [0.25, 0.3) is 5.78 Å². The molecule has 0 saturated heterocycles. The van der Waals surface area contributed by atoms with Gasteiger partial charge in [-0.25, -0.2) is 9.50 Å². The molecule has 0 bridgehead atoms. The van der Waals surface area contributed by atoms with Crippen molar-refractivity contribution in [2.75, 3.05) is 6.54 Å². The van der Waals surface area contributed by atoms with E-state index in [1.54, 1.807) is 12.4 Å². The molecule has 3 rings (SSSR count). The van der Waals surface area contributed by atoms with Gasteiger partial charge in [-0.15, -0.1) is 5.10 Å². The highest BCUT2D eigenvalue weighted by atomic mass is 79.9. The van der Waals surface area contributed by atoms with Crippen molar-refractivity contribution in [1.29, 1.82) is 0 Å². The Bertz CT molecular complexity index is 694. The number of nitrogens with one attached hydrogen (secondary N) is 1. The lowest BCUT2D eigenvalue weighted by molar-refractivity contribution is 0.0944. The smallest absolute Gasteiger partial charge is 0.291 e. The van der Waals surface area contributed by atoms with E-state index in [4.69, 9.17) is 0 Å². The first-order valence-electron chi connectivity index (χ1n) is 7.06. The van der Waals surface area contributed by atoms with Gasteiger partial charge in [0.15, 0.2) is 0 Å². The van der Waals surface area contributed by atoms with Crippen LogP contribution in [0.5, 0.6) is 0 Å². The number of hydrogen-bond acceptors (Lipinski definition) is 4. The molecule has 0 spiro atoms. The van der Waals surface area contributed by atoms with Crippen molar-refractivity contribution < 1.29 is 4.79 Å². The van der Waals surface area contributed by atoms with Crippen molar-refractivity contribution in [1.82, 2.24) is 24.9 Å². The minimum atomic E-state index is -0.256. The number of rotatable bonds is 4. The van der Waals surface area contributed by atoms with Crippen LogP contribution in [0.15, 0.2) is 28.5 Å². The number of amides is 1. The Hall–Kier alpha value is -1.76. The average molecular weight is 350 g/mol. The van der Waals surface area contributed by atoms with Crippen LogP contribution in [-0.4, -0.2) is 32.0 Å². The van der Waals surface area contributed by atoms with Crippen LogP contribution in [0.1, 0.15) is 42.7 Å². The lowest BCUT2D eigenvalue weighted by Crippen LogP contribution is -2.26. The van der Waals surface area contributed by atoms with E-state index in [1.165, 1.54) is 22.9 Å². The van der Waals surface area contributed by atoms with E-state index in [0.29, 0.717) is 12.3 Å². The second kappa shape index (κ2) is 6.34. The molecular weight excluding hydrogens is 334 g/mol. The minimum Gasteiger partial charge on any atom is -0.349 e. The van der Waals surface area contributed by atoms with Crippen molar-refractivity contribution >= 4 is 27.6 Å². The Morgan fingerprint density at radius 2 is 2.33 bits per heavy atom. The Labute approximate surface area is 130 Å². The zero-order valence-corrected chi connectivity index (χ0v) is 13.1. The molecule has 1 N–H and O–H groups in total. The van der Waals surface area contributed by atoms with E-state index in [0.717, 1.165) is 23.7 Å². The molecular formula is C14H16BrN5O. The quantitative estimate of drug-likeness (QED) is 0.860. The first-order chi connectivity index (χ1) is 10.2. The molecule has 2 heterocycles. The number of halogens is 1. The molecule has 0 aliphatic heterocycles. The van der Waals surface area contributed by atoms with Crippen LogP contribution in [-0.2, 0) is 0 Å². The number of carbonyl (C=O) groups excluding carboxylic acids is 1. The third kappa shape index (κ3) is 3.47. The van der Waals surface area contributed by atoms with Gasteiger partial charge in [-0.1, -0.05) is 11.6 Å². The largest absolute Gasteiger partial charge is 0.349 e. The topological polar surface area (TPSA) is 72.2 Å². The normalized spacial score (nSPS) is 15.0. The highest BCUT2D eigenvalue weighted by molar-refractivity contribution is 9.10. The second-order valence-electron chi connectivity index (χ2n) is 5.07. The number of fused-ring (bicyclic) bond motifs is 1. The average Bonchev–Trinajstić information content (AvgIpc) is 2.91. The Kier molecular flexibility index (Phi) is 4.28. The fraction of sp³-hybridized carbons (Fsp3) is 0.429. The molecule has 6 nitrogen and oxygen atoms in total. The maximum absolute atomic E-state index is 12.0. The summed E-state index contributed by atoms with van der Waals surface area (Å²) in [7, 11) is 0. The van der Waals surface area contributed by atoms with E-state index in [2.05, 4.69) is 42.4 Å². The van der Waals surface area contributed by atoms with E-state index >= 15 is 0 Å². The van der Waals surface area contributed by atoms with Crippen LogP contribution in [0.2, 0.25) is 0 Å². The van der Waals surface area contributed by atoms with Crippen LogP contribution < -0.4 is 5.32 Å². The van der Waals surface area contributed by atoms with Gasteiger partial charge in [0.05, 0.1) is 4.47 Å². The van der Waals surface area contributed by atoms with Gasteiger partial charge in [-0.3, -0.25) is 4.79 Å². The SMILES string of the molecule is O=C(NCCC1=CCCCC1)c1nc2ncc(Br)cn2n1. The molecule has 1 aliphatic rings. The van der Waals surface area contributed by atoms with Gasteiger partial charge in [-0.05, 0) is 48.0 Å². The van der Waals surface area contributed by atoms with Gasteiger partial charge in [0.2, 0.25) is 5.82 Å². The molecule has 2 aromatic heterocycles. The van der Waals surface area contributed by atoms with Crippen molar-refractivity contribution in [2.45, 2.75) is 32.1 Å². The zero-order valence-electron chi connectivity index (χ0n) is 11.5. The van der Waals surface area contributed by atoms with Gasteiger partial charge >= 0.3 is 0 Å². The van der Waals surface area contributed by atoms with Gasteiger partial charge in [0, 0.05) is 18.9 Å². The summed E-state index contributed by atoms with van der Waals surface area (Å²) in [5.41, 5.74) is 1.44. The van der Waals surface area contributed by atoms with E-state index in [-0.39, 0.29) is 11.7 Å². The van der Waals surface area contributed by atoms with Gasteiger partial charge in [0.1, 0.15) is 0 Å². The fourth-order valence-corrected chi connectivity index (χ4v) is 2.70. The van der Waals surface area contributed by atoms with Crippen LogP contribution >= 0.6 is 15.9 Å². The van der Waals surface area contributed by atoms with Gasteiger partial charge in [0.25, 0.3) is 11.7 Å². The van der Waals surface area contributed by atoms with Crippen LogP contribution in [0.4, 0.5) is 0 Å². The number of nitrogens with zero attached hydrogens (tertiary/aromatic N) is 4. The number of carbonyl (C=O) groups is 1. The summed E-state index contributed by atoms with van der Waals surface area (Å²) in [6, 6.07) is 0. The van der Waals surface area contributed by atoms with Crippen molar-refractivity contribution in [3.63, 3.8) is 0 Å².